The highest BCUT2D eigenvalue weighted by Crippen LogP contribution is 2.50. The van der Waals surface area contributed by atoms with E-state index >= 15 is 0 Å². The summed E-state index contributed by atoms with van der Waals surface area (Å²) in [5, 5.41) is 0.167. The lowest BCUT2D eigenvalue weighted by Gasteiger charge is -2.15. The number of hydrogen-bond acceptors (Lipinski definition) is 4. The normalized spacial score (nSPS) is 16.8. The van der Waals surface area contributed by atoms with E-state index in [0.717, 1.165) is 5.56 Å². The van der Waals surface area contributed by atoms with Crippen molar-refractivity contribution in [3.63, 3.8) is 0 Å². The van der Waals surface area contributed by atoms with Crippen LogP contribution in [-0.4, -0.2) is 26.7 Å². The van der Waals surface area contributed by atoms with Crippen LogP contribution in [0.3, 0.4) is 0 Å². The summed E-state index contributed by atoms with van der Waals surface area (Å²) in [4.78, 5) is 12.1. The fourth-order valence-corrected chi connectivity index (χ4v) is 3.69. The molecule has 0 radical (unpaired) electrons. The molecule has 0 aromatic heterocycles. The highest BCUT2D eigenvalue weighted by molar-refractivity contribution is 7.91. The van der Waals surface area contributed by atoms with Crippen LogP contribution in [0.2, 0.25) is 5.02 Å². The largest absolute Gasteiger partial charge is 0.465 e. The Labute approximate surface area is 124 Å². The second-order valence-electron chi connectivity index (χ2n) is 4.85. The Morgan fingerprint density at radius 3 is 2.45 bits per heavy atom. The summed E-state index contributed by atoms with van der Waals surface area (Å²) in [6, 6.07) is 4.72. The van der Waals surface area contributed by atoms with Gasteiger partial charge in [-0.05, 0) is 37.5 Å². The summed E-state index contributed by atoms with van der Waals surface area (Å²) in [6.45, 7) is 3.66. The Bertz CT molecular complexity index is 633. The number of benzene rings is 1. The molecule has 1 saturated carbocycles. The minimum atomic E-state index is -3.35. The fourth-order valence-electron chi connectivity index (χ4n) is 2.21. The van der Waals surface area contributed by atoms with Crippen LogP contribution in [0.15, 0.2) is 23.1 Å². The summed E-state index contributed by atoms with van der Waals surface area (Å²) < 4.78 is 28.8. The maximum Gasteiger partial charge on any atom is 0.316 e. The maximum atomic E-state index is 12.0. The van der Waals surface area contributed by atoms with Crippen molar-refractivity contribution in [3.05, 3.63) is 28.8 Å². The van der Waals surface area contributed by atoms with Crippen LogP contribution in [0.5, 0.6) is 0 Å². The summed E-state index contributed by atoms with van der Waals surface area (Å²) in [5.74, 6) is -0.267. The Balaban J connectivity index is 2.38. The molecule has 1 aromatic carbocycles. The smallest absolute Gasteiger partial charge is 0.316 e. The van der Waals surface area contributed by atoms with E-state index in [1.54, 1.807) is 26.0 Å². The van der Waals surface area contributed by atoms with Gasteiger partial charge in [0.25, 0.3) is 0 Å². The number of carbonyl (C=O) groups is 1. The molecule has 0 atom stereocenters. The van der Waals surface area contributed by atoms with Gasteiger partial charge in [-0.25, -0.2) is 8.42 Å². The zero-order valence-corrected chi connectivity index (χ0v) is 13.1. The number of carbonyl (C=O) groups excluding carboxylic acids is 1. The van der Waals surface area contributed by atoms with Gasteiger partial charge in [-0.15, -0.1) is 0 Å². The fraction of sp³-hybridized carbons (Fsp3) is 0.500. The first-order chi connectivity index (χ1) is 9.37. The molecule has 0 heterocycles. The summed E-state index contributed by atoms with van der Waals surface area (Å²) in [5.41, 5.74) is 0.102. The molecule has 20 heavy (non-hydrogen) atoms. The molecule has 0 bridgehead atoms. The number of esters is 1. The first-order valence-electron chi connectivity index (χ1n) is 6.57. The Hall–Kier alpha value is -1.07. The Kier molecular flexibility index (Phi) is 4.12. The third-order valence-corrected chi connectivity index (χ3v) is 5.83. The molecule has 1 fully saturated rings. The number of hydrogen-bond donors (Lipinski definition) is 0. The summed E-state index contributed by atoms with van der Waals surface area (Å²) in [6.07, 6.45) is 1.42. The quantitative estimate of drug-likeness (QED) is 0.784. The topological polar surface area (TPSA) is 60.4 Å². The van der Waals surface area contributed by atoms with Gasteiger partial charge >= 0.3 is 5.97 Å². The van der Waals surface area contributed by atoms with Gasteiger partial charge in [-0.1, -0.05) is 24.6 Å². The third-order valence-electron chi connectivity index (χ3n) is 3.62. The highest BCUT2D eigenvalue weighted by Gasteiger charge is 2.52. The lowest BCUT2D eigenvalue weighted by Crippen LogP contribution is -2.23. The van der Waals surface area contributed by atoms with E-state index in [9.17, 15) is 13.2 Å². The van der Waals surface area contributed by atoms with Gasteiger partial charge in [0, 0.05) is 0 Å². The van der Waals surface area contributed by atoms with E-state index in [1.807, 2.05) is 0 Å². The lowest BCUT2D eigenvalue weighted by molar-refractivity contribution is -0.146. The summed E-state index contributed by atoms with van der Waals surface area (Å²) >= 11 is 6.08. The van der Waals surface area contributed by atoms with Crippen molar-refractivity contribution in [2.75, 3.05) is 12.4 Å². The predicted octanol–water partition coefficient (Wildman–Crippen LogP) is 2.73. The van der Waals surface area contributed by atoms with E-state index in [0.29, 0.717) is 19.4 Å². The minimum absolute atomic E-state index is 0.00488. The van der Waals surface area contributed by atoms with Gasteiger partial charge < -0.3 is 4.74 Å². The molecule has 0 aliphatic heterocycles. The second kappa shape index (κ2) is 5.37. The molecule has 110 valence electrons. The first kappa shape index (κ1) is 15.3. The second-order valence-corrected chi connectivity index (χ2v) is 7.51. The van der Waals surface area contributed by atoms with Crippen LogP contribution >= 0.6 is 11.6 Å². The number of ether oxygens (including phenoxy) is 1. The monoisotopic (exact) mass is 316 g/mol. The van der Waals surface area contributed by atoms with Crippen LogP contribution in [0.1, 0.15) is 32.3 Å². The van der Waals surface area contributed by atoms with E-state index in [1.165, 1.54) is 6.07 Å². The van der Waals surface area contributed by atoms with Crippen molar-refractivity contribution in [2.24, 2.45) is 0 Å². The highest BCUT2D eigenvalue weighted by atomic mass is 35.5. The predicted molar refractivity (Wildman–Crippen MR) is 76.7 cm³/mol. The molecule has 2 rings (SSSR count). The molecule has 0 unspecified atom stereocenters. The molecule has 4 nitrogen and oxygen atoms in total. The van der Waals surface area contributed by atoms with E-state index in [-0.39, 0.29) is 21.6 Å². The molecular formula is C14H17ClO4S. The molecule has 0 spiro atoms. The van der Waals surface area contributed by atoms with E-state index in [2.05, 4.69) is 0 Å². The zero-order chi connectivity index (χ0) is 15.0. The molecule has 1 aromatic rings. The molecule has 0 N–H and O–H groups in total. The Morgan fingerprint density at radius 2 is 2.00 bits per heavy atom. The number of rotatable bonds is 5. The minimum Gasteiger partial charge on any atom is -0.465 e. The SMILES string of the molecule is CCOC(=O)C1(c2ccc(S(=O)(=O)CC)c(Cl)c2)CC1. The van der Waals surface area contributed by atoms with Crippen LogP contribution in [-0.2, 0) is 24.8 Å². The van der Waals surface area contributed by atoms with Crippen molar-refractivity contribution in [1.82, 2.24) is 0 Å². The van der Waals surface area contributed by atoms with Crippen LogP contribution in [0, 0.1) is 0 Å². The van der Waals surface area contributed by atoms with Crippen LogP contribution < -0.4 is 0 Å². The molecule has 1 aliphatic rings. The van der Waals surface area contributed by atoms with E-state index < -0.39 is 15.3 Å². The molecule has 0 saturated heterocycles. The molecular weight excluding hydrogens is 300 g/mol. The van der Waals surface area contributed by atoms with Crippen LogP contribution in [0.4, 0.5) is 0 Å². The van der Waals surface area contributed by atoms with Gasteiger partial charge in [0.2, 0.25) is 0 Å². The van der Waals surface area contributed by atoms with Gasteiger partial charge in [0.15, 0.2) is 9.84 Å². The van der Waals surface area contributed by atoms with Crippen LogP contribution in [0.25, 0.3) is 0 Å². The van der Waals surface area contributed by atoms with Gasteiger partial charge in [-0.3, -0.25) is 4.79 Å². The van der Waals surface area contributed by atoms with E-state index in [4.69, 9.17) is 16.3 Å². The molecule has 0 amide bonds. The first-order valence-corrected chi connectivity index (χ1v) is 8.60. The summed E-state index contributed by atoms with van der Waals surface area (Å²) in [7, 11) is -3.35. The standard InChI is InChI=1S/C14H17ClO4S/c1-3-19-13(16)14(7-8-14)10-5-6-12(11(15)9-10)20(17,18)4-2/h5-6,9H,3-4,7-8H2,1-2H3. The van der Waals surface area contributed by atoms with Crippen molar-refractivity contribution < 1.29 is 17.9 Å². The third kappa shape index (κ3) is 2.56. The maximum absolute atomic E-state index is 12.0. The van der Waals surface area contributed by atoms with Gasteiger partial charge in [0.05, 0.1) is 27.7 Å². The van der Waals surface area contributed by atoms with Crippen molar-refractivity contribution in [1.29, 1.82) is 0 Å². The van der Waals surface area contributed by atoms with Gasteiger partial charge in [0.1, 0.15) is 0 Å². The Morgan fingerprint density at radius 1 is 1.35 bits per heavy atom. The average Bonchev–Trinajstić information content (AvgIpc) is 3.20. The number of sulfone groups is 1. The number of halogens is 1. The molecule has 1 aliphatic carbocycles. The molecule has 6 heteroatoms. The average molecular weight is 317 g/mol. The van der Waals surface area contributed by atoms with Crippen molar-refractivity contribution >= 4 is 27.4 Å². The van der Waals surface area contributed by atoms with Gasteiger partial charge in [-0.2, -0.15) is 0 Å². The lowest BCUT2D eigenvalue weighted by atomic mass is 9.96. The zero-order valence-electron chi connectivity index (χ0n) is 11.5. The van der Waals surface area contributed by atoms with Crippen molar-refractivity contribution in [2.45, 2.75) is 37.0 Å². The van der Waals surface area contributed by atoms with Crippen molar-refractivity contribution in [3.8, 4) is 0 Å².